The van der Waals surface area contributed by atoms with Crippen molar-refractivity contribution in [1.29, 1.82) is 0 Å². The van der Waals surface area contributed by atoms with Gasteiger partial charge in [0.15, 0.2) is 0 Å². The minimum absolute atomic E-state index is 2.70. The van der Waals surface area contributed by atoms with Gasteiger partial charge in [-0.15, -0.1) is 0 Å². The Bertz CT molecular complexity index is 296. The van der Waals surface area contributed by atoms with E-state index in [9.17, 15) is 0 Å². The summed E-state index contributed by atoms with van der Waals surface area (Å²) in [6.07, 6.45) is 0. The minimum Gasteiger partial charge on any atom is -0.425 e. The Balaban J connectivity index is 3.18. The zero-order chi connectivity index (χ0) is 13.0. The summed E-state index contributed by atoms with van der Waals surface area (Å²) in [5.41, 5.74) is 0. The van der Waals surface area contributed by atoms with E-state index in [2.05, 4.69) is 9.47 Å². The fourth-order valence-electron chi connectivity index (χ4n) is 0.299. The van der Waals surface area contributed by atoms with Gasteiger partial charge >= 0.3 is 7.12 Å². The lowest BCUT2D eigenvalue weighted by molar-refractivity contribution is -0.0660. The predicted molar refractivity (Wildman–Crippen MR) is 30.8 cm³/mol. The van der Waals surface area contributed by atoms with Gasteiger partial charge in [-0.25, -0.2) is 0 Å². The molecule has 1 heterocycles. The van der Waals surface area contributed by atoms with Crippen molar-refractivity contribution in [3.05, 3.63) is 0 Å². The number of hydrogen-bond acceptors (Lipinski definition) is 4. The molecule has 4 nitrogen and oxygen atoms in total. The van der Waals surface area contributed by atoms with Crippen molar-refractivity contribution in [2.24, 2.45) is 0 Å². The largest absolute Gasteiger partial charge is 0.484 e. The number of rotatable bonds is 1. The van der Waals surface area contributed by atoms with Gasteiger partial charge in [0.2, 0.25) is 0 Å². The van der Waals surface area contributed by atoms with Crippen LogP contribution in [-0.4, -0.2) is 42.8 Å². The van der Waals surface area contributed by atoms with E-state index in [1.807, 2.05) is 0 Å². The molecule has 52 valence electrons. The smallest absolute Gasteiger partial charge is 0.425 e. The van der Waals surface area contributed by atoms with Gasteiger partial charge in [-0.1, -0.05) is 0 Å². The maximum Gasteiger partial charge on any atom is 0.484 e. The molecule has 9 heavy (non-hydrogen) atoms. The maximum atomic E-state index is 8.81. The van der Waals surface area contributed by atoms with Gasteiger partial charge in [-0.2, -0.15) is 0 Å². The summed E-state index contributed by atoms with van der Waals surface area (Å²) in [5, 5.41) is 17.6. The summed E-state index contributed by atoms with van der Waals surface area (Å²) in [6, 6.07) is 0. The number of hydrogen-bond donors (Lipinski definition) is 2. The van der Waals surface area contributed by atoms with E-state index in [1.54, 1.807) is 0 Å². The highest BCUT2D eigenvalue weighted by molar-refractivity contribution is 6.42. The summed E-state index contributed by atoms with van der Waals surface area (Å²) in [6.45, 7) is -9.57. The molecule has 0 aromatic heterocycles. The van der Waals surface area contributed by atoms with Crippen LogP contribution in [0.5, 0.6) is 0 Å². The number of ether oxygens (including phenoxy) is 2. The summed E-state index contributed by atoms with van der Waals surface area (Å²) in [4.78, 5) is 0. The van der Waals surface area contributed by atoms with Crippen molar-refractivity contribution in [2.75, 3.05) is 19.7 Å². The molecule has 0 radical (unpaired) electrons. The molecule has 1 rings (SSSR count). The van der Waals surface area contributed by atoms with Gasteiger partial charge in [0, 0.05) is 0 Å². The van der Waals surface area contributed by atoms with Crippen LogP contribution in [0.3, 0.4) is 0 Å². The standard InChI is InChI=1S/C4H9BO4/c6-5(7)4-3-8-1-2-9-4/h4,6-7H,1-3H2/i1D2,2D2,3D2,4D. The summed E-state index contributed by atoms with van der Waals surface area (Å²) in [7, 11) is -2.70. The van der Waals surface area contributed by atoms with Crippen LogP contribution in [0.25, 0.3) is 0 Å². The third kappa shape index (κ3) is 1.94. The van der Waals surface area contributed by atoms with Crippen LogP contribution in [0.4, 0.5) is 0 Å². The molecular weight excluding hydrogens is 123 g/mol. The van der Waals surface area contributed by atoms with Gasteiger partial charge < -0.3 is 19.5 Å². The molecule has 1 fully saturated rings. The van der Waals surface area contributed by atoms with Crippen molar-refractivity contribution in [2.45, 2.75) is 5.98 Å². The van der Waals surface area contributed by atoms with E-state index in [4.69, 9.17) is 19.6 Å². The Morgan fingerprint density at radius 3 is 3.11 bits per heavy atom. The van der Waals surface area contributed by atoms with Crippen LogP contribution >= 0.6 is 0 Å². The molecule has 0 spiro atoms. The Kier molecular flexibility index (Phi) is 0.775. The van der Waals surface area contributed by atoms with E-state index >= 15 is 0 Å². The van der Waals surface area contributed by atoms with Gasteiger partial charge in [-0.05, 0) is 0 Å². The second kappa shape index (κ2) is 3.17. The van der Waals surface area contributed by atoms with Crippen molar-refractivity contribution in [1.82, 2.24) is 0 Å². The highest BCUT2D eigenvalue weighted by Crippen LogP contribution is 2.00. The molecule has 0 aromatic carbocycles. The molecule has 1 saturated heterocycles. The zero-order valence-corrected chi connectivity index (χ0v) is 4.29. The Morgan fingerprint density at radius 2 is 2.44 bits per heavy atom. The summed E-state index contributed by atoms with van der Waals surface area (Å²) < 4.78 is 58.2. The van der Waals surface area contributed by atoms with E-state index < -0.39 is 32.8 Å². The normalized spacial score (nSPS) is 64.4. The first kappa shape index (κ1) is 2.20. The first-order chi connectivity index (χ1) is 6.86. The first-order valence-corrected chi connectivity index (χ1v) is 2.12. The van der Waals surface area contributed by atoms with E-state index in [-0.39, 0.29) is 0 Å². The third-order valence-corrected chi connectivity index (χ3v) is 0.640. The fourth-order valence-corrected chi connectivity index (χ4v) is 0.299. The highest BCUT2D eigenvalue weighted by atomic mass is 16.6. The Morgan fingerprint density at radius 1 is 1.67 bits per heavy atom. The molecule has 5 heteroatoms. The van der Waals surface area contributed by atoms with E-state index in [0.717, 1.165) is 0 Å². The topological polar surface area (TPSA) is 58.9 Å². The molecule has 0 aromatic rings. The van der Waals surface area contributed by atoms with Crippen LogP contribution in [0.2, 0.25) is 0 Å². The predicted octanol–water partition coefficient (Wildman–Crippen LogP) is -1.59. The lowest BCUT2D eigenvalue weighted by Crippen LogP contribution is -2.41. The minimum atomic E-state index is -3.23. The summed E-state index contributed by atoms with van der Waals surface area (Å²) in [5.74, 6) is -3.18. The van der Waals surface area contributed by atoms with Crippen LogP contribution in [0.15, 0.2) is 0 Å². The van der Waals surface area contributed by atoms with Crippen LogP contribution in [0.1, 0.15) is 9.60 Å². The monoisotopic (exact) mass is 139 g/mol. The lowest BCUT2D eigenvalue weighted by atomic mass is 9.82. The second-order valence-electron chi connectivity index (χ2n) is 1.25. The molecule has 0 bridgehead atoms. The Labute approximate surface area is 63.4 Å². The fraction of sp³-hybridized carbons (Fsp3) is 1.00. The van der Waals surface area contributed by atoms with Crippen molar-refractivity contribution in [3.8, 4) is 0 Å². The quantitative estimate of drug-likeness (QED) is 0.430. The molecule has 0 amide bonds. The zero-order valence-electron chi connectivity index (χ0n) is 11.3. The van der Waals surface area contributed by atoms with Gasteiger partial charge in [0.1, 0.15) is 5.98 Å². The third-order valence-electron chi connectivity index (χ3n) is 0.640. The van der Waals surface area contributed by atoms with Crippen molar-refractivity contribution < 1.29 is 29.1 Å². The van der Waals surface area contributed by atoms with E-state index in [1.165, 1.54) is 0 Å². The average molecular weight is 139 g/mol. The SMILES string of the molecule is [2H]C1([2H])OC([2H])([2H])C([2H])(B(O)O)OC1([2H])[2H]. The van der Waals surface area contributed by atoms with Crippen LogP contribution in [0, 0.1) is 0 Å². The van der Waals surface area contributed by atoms with Crippen molar-refractivity contribution in [3.63, 3.8) is 0 Å². The van der Waals surface area contributed by atoms with Gasteiger partial charge in [-0.3, -0.25) is 0 Å². The Hall–Kier alpha value is -0.0951. The van der Waals surface area contributed by atoms with Gasteiger partial charge in [0.05, 0.1) is 29.3 Å². The molecule has 0 saturated carbocycles. The van der Waals surface area contributed by atoms with Crippen molar-refractivity contribution >= 4 is 7.12 Å². The maximum absolute atomic E-state index is 8.81. The highest BCUT2D eigenvalue weighted by Gasteiger charge is 2.26. The summed E-state index contributed by atoms with van der Waals surface area (Å²) >= 11 is 0. The van der Waals surface area contributed by atoms with Crippen LogP contribution < -0.4 is 0 Å². The molecule has 1 aliphatic heterocycles. The molecule has 1 atom stereocenters. The molecule has 0 aliphatic carbocycles. The first-order valence-electron chi connectivity index (χ1n) is 5.62. The second-order valence-corrected chi connectivity index (χ2v) is 1.25. The molecule has 2 N–H and O–H groups in total. The van der Waals surface area contributed by atoms with Gasteiger partial charge in [0.25, 0.3) is 0 Å². The average Bonchev–Trinajstić information content (AvgIpc) is 1.97. The van der Waals surface area contributed by atoms with Crippen LogP contribution in [-0.2, 0) is 9.47 Å². The van der Waals surface area contributed by atoms with E-state index in [0.29, 0.717) is 0 Å². The molecule has 1 unspecified atom stereocenters. The molecule has 1 aliphatic rings. The lowest BCUT2D eigenvalue weighted by Gasteiger charge is -2.21. The molecular formula is C4H9BO4.